The standard InChI is InChI=1S/C13H18N4O4S/c1-22(19,20)17-8-9(6-11-10(17)2-5-21-11)13(18)16-12-7-14-3-4-15-12/h3-4,7,9-11H,2,5-6,8H2,1H3,(H,15,16,18)/t9-,10+,11+/m1/s1. The number of rotatable bonds is 3. The largest absolute Gasteiger partial charge is 0.376 e. The lowest BCUT2D eigenvalue weighted by Gasteiger charge is -2.38. The SMILES string of the molecule is CS(=O)(=O)N1C[C@H](C(=O)Nc2cnccn2)C[C@@H]2OCC[C@@H]21. The van der Waals surface area contributed by atoms with E-state index in [0.29, 0.717) is 25.3 Å². The Balaban J connectivity index is 1.75. The van der Waals surface area contributed by atoms with Crippen LogP contribution in [0.4, 0.5) is 5.82 Å². The van der Waals surface area contributed by atoms with E-state index >= 15 is 0 Å². The maximum atomic E-state index is 12.4. The number of nitrogens with zero attached hydrogens (tertiary/aromatic N) is 3. The van der Waals surface area contributed by atoms with Crippen LogP contribution in [-0.4, -0.2) is 60.2 Å². The molecule has 3 rings (SSSR count). The van der Waals surface area contributed by atoms with Crippen molar-refractivity contribution in [3.05, 3.63) is 18.6 Å². The summed E-state index contributed by atoms with van der Waals surface area (Å²) in [6.45, 7) is 0.704. The average Bonchev–Trinajstić information content (AvgIpc) is 2.94. The van der Waals surface area contributed by atoms with Crippen molar-refractivity contribution in [2.75, 3.05) is 24.7 Å². The van der Waals surface area contributed by atoms with Crippen LogP contribution in [0.1, 0.15) is 12.8 Å². The van der Waals surface area contributed by atoms with E-state index in [0.717, 1.165) is 0 Å². The van der Waals surface area contributed by atoms with Crippen molar-refractivity contribution >= 4 is 21.7 Å². The van der Waals surface area contributed by atoms with E-state index in [1.807, 2.05) is 0 Å². The molecular formula is C13H18N4O4S. The van der Waals surface area contributed by atoms with E-state index in [9.17, 15) is 13.2 Å². The van der Waals surface area contributed by atoms with Crippen LogP contribution in [0.25, 0.3) is 0 Å². The molecule has 1 amide bonds. The van der Waals surface area contributed by atoms with Gasteiger partial charge in [-0.05, 0) is 12.8 Å². The van der Waals surface area contributed by atoms with Crippen LogP contribution in [0, 0.1) is 5.92 Å². The molecule has 22 heavy (non-hydrogen) atoms. The zero-order valence-corrected chi connectivity index (χ0v) is 13.0. The van der Waals surface area contributed by atoms with Crippen molar-refractivity contribution in [1.82, 2.24) is 14.3 Å². The highest BCUT2D eigenvalue weighted by molar-refractivity contribution is 7.88. The number of carbonyl (C=O) groups excluding carboxylic acids is 1. The minimum Gasteiger partial charge on any atom is -0.376 e. The lowest BCUT2D eigenvalue weighted by molar-refractivity contribution is -0.122. The molecular weight excluding hydrogens is 308 g/mol. The number of aromatic nitrogens is 2. The summed E-state index contributed by atoms with van der Waals surface area (Å²) >= 11 is 0. The van der Waals surface area contributed by atoms with Gasteiger partial charge >= 0.3 is 0 Å². The lowest BCUT2D eigenvalue weighted by Crippen LogP contribution is -2.53. The van der Waals surface area contributed by atoms with Crippen LogP contribution in [0.2, 0.25) is 0 Å². The van der Waals surface area contributed by atoms with Crippen molar-refractivity contribution < 1.29 is 17.9 Å². The van der Waals surface area contributed by atoms with Gasteiger partial charge in [-0.25, -0.2) is 13.4 Å². The third kappa shape index (κ3) is 3.11. The third-order valence-corrected chi connectivity index (χ3v) is 5.34. The van der Waals surface area contributed by atoms with Crippen molar-refractivity contribution in [1.29, 1.82) is 0 Å². The van der Waals surface area contributed by atoms with E-state index in [1.165, 1.54) is 29.2 Å². The van der Waals surface area contributed by atoms with E-state index in [1.54, 1.807) is 0 Å². The first-order valence-electron chi connectivity index (χ1n) is 7.10. The molecule has 0 aliphatic carbocycles. The summed E-state index contributed by atoms with van der Waals surface area (Å²) in [6, 6.07) is -0.157. The average molecular weight is 326 g/mol. The number of hydrogen-bond acceptors (Lipinski definition) is 6. The smallest absolute Gasteiger partial charge is 0.230 e. The molecule has 0 spiro atoms. The summed E-state index contributed by atoms with van der Waals surface area (Å²) in [5.74, 6) is -0.368. The first kappa shape index (κ1) is 15.3. The number of fused-ring (bicyclic) bond motifs is 1. The summed E-state index contributed by atoms with van der Waals surface area (Å²) in [6.07, 6.45) is 6.59. The first-order valence-corrected chi connectivity index (χ1v) is 8.95. The summed E-state index contributed by atoms with van der Waals surface area (Å²) < 4.78 is 30.9. The van der Waals surface area contributed by atoms with Gasteiger partial charge in [0.05, 0.1) is 30.5 Å². The van der Waals surface area contributed by atoms with Crippen molar-refractivity contribution in [2.45, 2.75) is 25.0 Å². The van der Waals surface area contributed by atoms with Gasteiger partial charge in [-0.1, -0.05) is 0 Å². The highest BCUT2D eigenvalue weighted by Crippen LogP contribution is 2.33. The lowest BCUT2D eigenvalue weighted by atomic mass is 9.91. The van der Waals surface area contributed by atoms with Crippen LogP contribution >= 0.6 is 0 Å². The molecule has 1 aromatic rings. The summed E-state index contributed by atoms with van der Waals surface area (Å²) in [4.78, 5) is 20.2. The summed E-state index contributed by atoms with van der Waals surface area (Å²) in [5.41, 5.74) is 0. The number of ether oxygens (including phenoxy) is 1. The molecule has 2 aliphatic rings. The number of piperidine rings is 1. The summed E-state index contributed by atoms with van der Waals surface area (Å²) in [7, 11) is -3.37. The van der Waals surface area contributed by atoms with Gasteiger partial charge < -0.3 is 10.1 Å². The van der Waals surface area contributed by atoms with Gasteiger partial charge in [0.15, 0.2) is 5.82 Å². The van der Waals surface area contributed by atoms with Crippen molar-refractivity contribution in [2.24, 2.45) is 5.92 Å². The molecule has 3 heterocycles. The van der Waals surface area contributed by atoms with Crippen LogP contribution in [-0.2, 0) is 19.6 Å². The highest BCUT2D eigenvalue weighted by atomic mass is 32.2. The number of nitrogens with one attached hydrogen (secondary N) is 1. The molecule has 120 valence electrons. The Hall–Kier alpha value is -1.58. The number of sulfonamides is 1. The van der Waals surface area contributed by atoms with Crippen molar-refractivity contribution in [3.8, 4) is 0 Å². The van der Waals surface area contributed by atoms with Gasteiger partial charge in [0.1, 0.15) is 0 Å². The molecule has 2 aliphatic heterocycles. The Labute approximate surface area is 128 Å². The number of hydrogen-bond donors (Lipinski definition) is 1. The third-order valence-electron chi connectivity index (χ3n) is 4.07. The molecule has 2 saturated heterocycles. The molecule has 0 saturated carbocycles. The topological polar surface area (TPSA) is 101 Å². The van der Waals surface area contributed by atoms with Gasteiger partial charge in [0, 0.05) is 25.5 Å². The molecule has 0 bridgehead atoms. The van der Waals surface area contributed by atoms with E-state index in [4.69, 9.17) is 4.74 Å². The minimum absolute atomic E-state index is 0.157. The Morgan fingerprint density at radius 2 is 2.27 bits per heavy atom. The van der Waals surface area contributed by atoms with Gasteiger partial charge in [-0.2, -0.15) is 4.31 Å². The zero-order valence-electron chi connectivity index (χ0n) is 12.2. The molecule has 2 fully saturated rings. The second-order valence-corrected chi connectivity index (χ2v) is 7.55. The minimum atomic E-state index is -3.37. The van der Waals surface area contributed by atoms with Crippen LogP contribution in [0.15, 0.2) is 18.6 Å². The van der Waals surface area contributed by atoms with Crippen LogP contribution < -0.4 is 5.32 Å². The van der Waals surface area contributed by atoms with E-state index < -0.39 is 15.9 Å². The molecule has 3 atom stereocenters. The predicted molar refractivity (Wildman–Crippen MR) is 78.5 cm³/mol. The normalized spacial score (nSPS) is 29.0. The van der Waals surface area contributed by atoms with Crippen molar-refractivity contribution in [3.63, 3.8) is 0 Å². The molecule has 8 nitrogen and oxygen atoms in total. The molecule has 0 radical (unpaired) electrons. The quantitative estimate of drug-likeness (QED) is 0.829. The fourth-order valence-electron chi connectivity index (χ4n) is 3.06. The second-order valence-electron chi connectivity index (χ2n) is 5.61. The monoisotopic (exact) mass is 326 g/mol. The maximum absolute atomic E-state index is 12.4. The van der Waals surface area contributed by atoms with E-state index in [-0.39, 0.29) is 24.6 Å². The Morgan fingerprint density at radius 1 is 1.45 bits per heavy atom. The van der Waals surface area contributed by atoms with Gasteiger partial charge in [0.25, 0.3) is 0 Å². The van der Waals surface area contributed by atoms with Crippen LogP contribution in [0.3, 0.4) is 0 Å². The highest BCUT2D eigenvalue weighted by Gasteiger charge is 2.45. The van der Waals surface area contributed by atoms with Gasteiger partial charge in [0.2, 0.25) is 15.9 Å². The predicted octanol–water partition coefficient (Wildman–Crippen LogP) is -0.146. The van der Waals surface area contributed by atoms with Crippen LogP contribution in [0.5, 0.6) is 0 Å². The van der Waals surface area contributed by atoms with Gasteiger partial charge in [-0.15, -0.1) is 0 Å². The fraction of sp³-hybridized carbons (Fsp3) is 0.615. The van der Waals surface area contributed by atoms with Gasteiger partial charge in [-0.3, -0.25) is 9.78 Å². The fourth-order valence-corrected chi connectivity index (χ4v) is 4.25. The molecule has 1 aromatic heterocycles. The Kier molecular flexibility index (Phi) is 4.11. The number of amides is 1. The Bertz CT molecular complexity index is 651. The molecule has 9 heteroatoms. The molecule has 1 N–H and O–H groups in total. The molecule has 0 unspecified atom stereocenters. The van der Waals surface area contributed by atoms with E-state index in [2.05, 4.69) is 15.3 Å². The number of anilines is 1. The summed E-state index contributed by atoms with van der Waals surface area (Å²) in [5, 5.41) is 2.67. The second kappa shape index (κ2) is 5.90. The number of carbonyl (C=O) groups is 1. The first-order chi connectivity index (χ1) is 10.4. The zero-order chi connectivity index (χ0) is 15.7. The Morgan fingerprint density at radius 3 is 2.95 bits per heavy atom. The maximum Gasteiger partial charge on any atom is 0.230 e. The molecule has 0 aromatic carbocycles.